The molecule has 3 heterocycles. The van der Waals surface area contributed by atoms with Crippen LogP contribution in [0.2, 0.25) is 0 Å². The van der Waals surface area contributed by atoms with Crippen molar-refractivity contribution in [2.75, 3.05) is 19.6 Å². The van der Waals surface area contributed by atoms with Gasteiger partial charge in [0.2, 0.25) is 5.88 Å². The SMILES string of the molecule is CCN(CC)CCCC(C)Oc1ccc2ncc(-c3cc4ccccc4o3)n2n1. The van der Waals surface area contributed by atoms with Gasteiger partial charge in [-0.3, -0.25) is 0 Å². The van der Waals surface area contributed by atoms with Gasteiger partial charge >= 0.3 is 0 Å². The lowest BCUT2D eigenvalue weighted by molar-refractivity contribution is 0.186. The van der Waals surface area contributed by atoms with Crippen LogP contribution in [0.3, 0.4) is 0 Å². The Morgan fingerprint density at radius 2 is 1.97 bits per heavy atom. The third-order valence-corrected chi connectivity index (χ3v) is 5.32. The van der Waals surface area contributed by atoms with E-state index < -0.39 is 0 Å². The predicted octanol–water partition coefficient (Wildman–Crippen LogP) is 5.03. The van der Waals surface area contributed by atoms with Gasteiger partial charge in [0.1, 0.15) is 11.3 Å². The summed E-state index contributed by atoms with van der Waals surface area (Å²) in [6.07, 6.45) is 4.00. The second-order valence-corrected chi connectivity index (χ2v) is 7.33. The minimum absolute atomic E-state index is 0.105. The lowest BCUT2D eigenvalue weighted by Crippen LogP contribution is -2.25. The largest absolute Gasteiger partial charge is 0.474 e. The molecule has 0 N–H and O–H groups in total. The number of imidazole rings is 1. The van der Waals surface area contributed by atoms with Crippen LogP contribution in [0, 0.1) is 0 Å². The lowest BCUT2D eigenvalue weighted by Gasteiger charge is -2.19. The van der Waals surface area contributed by atoms with Crippen LogP contribution in [0.1, 0.15) is 33.6 Å². The van der Waals surface area contributed by atoms with Crippen LogP contribution in [0.15, 0.2) is 53.1 Å². The van der Waals surface area contributed by atoms with Crippen molar-refractivity contribution in [1.82, 2.24) is 19.5 Å². The van der Waals surface area contributed by atoms with Crippen LogP contribution in [0.25, 0.3) is 28.1 Å². The Labute approximate surface area is 171 Å². The Kier molecular flexibility index (Phi) is 5.81. The van der Waals surface area contributed by atoms with Crippen LogP contribution in [0.4, 0.5) is 0 Å². The third-order valence-electron chi connectivity index (χ3n) is 5.32. The molecule has 0 fully saturated rings. The Hall–Kier alpha value is -2.86. The number of fused-ring (bicyclic) bond motifs is 2. The summed E-state index contributed by atoms with van der Waals surface area (Å²) in [5.74, 6) is 1.35. The van der Waals surface area contributed by atoms with Gasteiger partial charge in [0.25, 0.3) is 0 Å². The van der Waals surface area contributed by atoms with E-state index in [0.29, 0.717) is 5.88 Å². The van der Waals surface area contributed by atoms with Gasteiger partial charge in [-0.1, -0.05) is 32.0 Å². The molecule has 1 unspecified atom stereocenters. The van der Waals surface area contributed by atoms with E-state index in [0.717, 1.165) is 60.5 Å². The summed E-state index contributed by atoms with van der Waals surface area (Å²) in [6, 6.07) is 13.8. The van der Waals surface area contributed by atoms with Crippen molar-refractivity contribution >= 4 is 16.6 Å². The first kappa shape index (κ1) is 19.5. The number of para-hydroxylation sites is 1. The van der Waals surface area contributed by atoms with Gasteiger partial charge in [-0.05, 0) is 57.6 Å². The quantitative estimate of drug-likeness (QED) is 0.400. The molecule has 1 atom stereocenters. The average molecular weight is 393 g/mol. The van der Waals surface area contributed by atoms with Gasteiger partial charge < -0.3 is 14.1 Å². The molecule has 0 spiro atoms. The monoisotopic (exact) mass is 392 g/mol. The molecule has 0 saturated carbocycles. The molecule has 0 saturated heterocycles. The molecule has 0 aliphatic rings. The number of ether oxygens (including phenoxy) is 1. The van der Waals surface area contributed by atoms with Crippen LogP contribution in [0.5, 0.6) is 5.88 Å². The highest BCUT2D eigenvalue weighted by atomic mass is 16.5. The Balaban J connectivity index is 1.49. The highest BCUT2D eigenvalue weighted by Crippen LogP contribution is 2.28. The zero-order valence-corrected chi connectivity index (χ0v) is 17.3. The van der Waals surface area contributed by atoms with Gasteiger partial charge in [-0.25, -0.2) is 9.50 Å². The van der Waals surface area contributed by atoms with E-state index >= 15 is 0 Å². The van der Waals surface area contributed by atoms with Crippen molar-refractivity contribution < 1.29 is 9.15 Å². The van der Waals surface area contributed by atoms with Gasteiger partial charge in [0.15, 0.2) is 11.4 Å². The maximum Gasteiger partial charge on any atom is 0.232 e. The summed E-state index contributed by atoms with van der Waals surface area (Å²) in [6.45, 7) is 9.79. The number of furan rings is 1. The Bertz CT molecular complexity index is 1050. The summed E-state index contributed by atoms with van der Waals surface area (Å²) in [5.41, 5.74) is 2.43. The molecule has 3 aromatic heterocycles. The van der Waals surface area contributed by atoms with Crippen molar-refractivity contribution in [1.29, 1.82) is 0 Å². The van der Waals surface area contributed by atoms with E-state index in [1.54, 1.807) is 10.7 Å². The fourth-order valence-corrected chi connectivity index (χ4v) is 3.60. The van der Waals surface area contributed by atoms with Crippen LogP contribution < -0.4 is 4.74 Å². The molecule has 4 aromatic rings. The van der Waals surface area contributed by atoms with Gasteiger partial charge in [-0.15, -0.1) is 5.10 Å². The molecule has 1 aromatic carbocycles. The molecule has 0 amide bonds. The fourth-order valence-electron chi connectivity index (χ4n) is 3.60. The number of hydrogen-bond donors (Lipinski definition) is 0. The first-order valence-electron chi connectivity index (χ1n) is 10.4. The van der Waals surface area contributed by atoms with Crippen molar-refractivity contribution in [3.63, 3.8) is 0 Å². The van der Waals surface area contributed by atoms with E-state index in [9.17, 15) is 0 Å². The van der Waals surface area contributed by atoms with E-state index in [4.69, 9.17) is 9.15 Å². The fraction of sp³-hybridized carbons (Fsp3) is 0.391. The van der Waals surface area contributed by atoms with Gasteiger partial charge in [-0.2, -0.15) is 0 Å². The first-order valence-corrected chi connectivity index (χ1v) is 10.4. The number of rotatable bonds is 9. The van der Waals surface area contributed by atoms with E-state index in [1.165, 1.54) is 0 Å². The molecule has 0 radical (unpaired) electrons. The third kappa shape index (κ3) is 4.27. The molecule has 4 rings (SSSR count). The second kappa shape index (κ2) is 8.66. The molecule has 0 aliphatic carbocycles. The summed E-state index contributed by atoms with van der Waals surface area (Å²) in [4.78, 5) is 6.89. The van der Waals surface area contributed by atoms with Crippen molar-refractivity contribution in [2.45, 2.75) is 39.7 Å². The number of aromatic nitrogens is 3. The second-order valence-electron chi connectivity index (χ2n) is 7.33. The smallest absolute Gasteiger partial charge is 0.232 e. The molecule has 152 valence electrons. The molecular weight excluding hydrogens is 364 g/mol. The Morgan fingerprint density at radius 3 is 2.76 bits per heavy atom. The first-order chi connectivity index (χ1) is 14.2. The summed E-state index contributed by atoms with van der Waals surface area (Å²) in [7, 11) is 0. The van der Waals surface area contributed by atoms with E-state index in [2.05, 4.69) is 35.8 Å². The van der Waals surface area contributed by atoms with Crippen molar-refractivity contribution in [2.24, 2.45) is 0 Å². The highest BCUT2D eigenvalue weighted by Gasteiger charge is 2.14. The highest BCUT2D eigenvalue weighted by molar-refractivity contribution is 5.82. The van der Waals surface area contributed by atoms with Crippen LogP contribution in [-0.4, -0.2) is 45.2 Å². The van der Waals surface area contributed by atoms with Crippen molar-refractivity contribution in [3.05, 3.63) is 48.7 Å². The average Bonchev–Trinajstić information content (AvgIpc) is 3.34. The molecule has 6 nitrogen and oxygen atoms in total. The van der Waals surface area contributed by atoms with Gasteiger partial charge in [0.05, 0.1) is 12.3 Å². The normalized spacial score (nSPS) is 12.8. The van der Waals surface area contributed by atoms with Crippen molar-refractivity contribution in [3.8, 4) is 17.3 Å². The van der Waals surface area contributed by atoms with E-state index in [1.807, 2.05) is 42.5 Å². The van der Waals surface area contributed by atoms with Crippen LogP contribution >= 0.6 is 0 Å². The maximum absolute atomic E-state index is 6.08. The molecule has 6 heteroatoms. The summed E-state index contributed by atoms with van der Waals surface area (Å²) < 4.78 is 13.9. The zero-order chi connectivity index (χ0) is 20.2. The number of nitrogens with zero attached hydrogens (tertiary/aromatic N) is 4. The standard InChI is InChI=1S/C23H28N4O2/c1-4-26(5-2)14-8-9-17(3)28-23-13-12-22-24-16-19(27(22)25-23)21-15-18-10-6-7-11-20(18)29-21/h6-7,10-13,15-17H,4-5,8-9,14H2,1-3H3. The number of hydrogen-bond acceptors (Lipinski definition) is 5. The molecule has 0 bridgehead atoms. The summed E-state index contributed by atoms with van der Waals surface area (Å²) >= 11 is 0. The van der Waals surface area contributed by atoms with E-state index in [-0.39, 0.29) is 6.10 Å². The molecule has 0 aliphatic heterocycles. The minimum Gasteiger partial charge on any atom is -0.474 e. The van der Waals surface area contributed by atoms with Crippen LogP contribution in [-0.2, 0) is 0 Å². The maximum atomic E-state index is 6.08. The predicted molar refractivity (Wildman–Crippen MR) is 115 cm³/mol. The molecule has 29 heavy (non-hydrogen) atoms. The topological polar surface area (TPSA) is 55.8 Å². The van der Waals surface area contributed by atoms with Gasteiger partial charge in [0, 0.05) is 11.5 Å². The minimum atomic E-state index is 0.105. The Morgan fingerprint density at radius 1 is 1.14 bits per heavy atom. The molecular formula is C23H28N4O2. The lowest BCUT2D eigenvalue weighted by atomic mass is 10.2. The zero-order valence-electron chi connectivity index (χ0n) is 17.3. The number of benzene rings is 1. The summed E-state index contributed by atoms with van der Waals surface area (Å²) in [5, 5.41) is 5.72.